The molecular weight excluding hydrogens is 367 g/mol. The van der Waals surface area contributed by atoms with Crippen LogP contribution in [-0.2, 0) is 4.74 Å². The number of aliphatic hydroxyl groups is 2. The molecule has 2 aromatic rings. The normalized spacial score (nSPS) is 27.3. The van der Waals surface area contributed by atoms with E-state index in [0.29, 0.717) is 37.9 Å². The van der Waals surface area contributed by atoms with Gasteiger partial charge >= 0.3 is 0 Å². The van der Waals surface area contributed by atoms with E-state index in [-0.39, 0.29) is 17.6 Å². The smallest absolute Gasteiger partial charge is 0.259 e. The van der Waals surface area contributed by atoms with Crippen molar-refractivity contribution in [2.75, 3.05) is 19.7 Å². The minimum atomic E-state index is -1.23. The molecule has 1 amide bonds. The molecule has 0 unspecified atom stereocenters. The van der Waals surface area contributed by atoms with Crippen LogP contribution in [0.5, 0.6) is 0 Å². The number of aliphatic hydroxyl groups excluding tert-OH is 1. The van der Waals surface area contributed by atoms with E-state index in [4.69, 9.17) is 4.74 Å². The van der Waals surface area contributed by atoms with Gasteiger partial charge in [-0.15, -0.1) is 0 Å². The van der Waals surface area contributed by atoms with Crippen LogP contribution in [0.15, 0.2) is 29.2 Å². The van der Waals surface area contributed by atoms with E-state index in [1.807, 2.05) is 0 Å². The Kier molecular flexibility index (Phi) is 4.52. The Labute approximate surface area is 160 Å². The van der Waals surface area contributed by atoms with Gasteiger partial charge in [-0.05, 0) is 38.0 Å². The van der Waals surface area contributed by atoms with Crippen molar-refractivity contribution in [1.29, 1.82) is 0 Å². The van der Waals surface area contributed by atoms with Gasteiger partial charge in [-0.1, -0.05) is 0 Å². The summed E-state index contributed by atoms with van der Waals surface area (Å²) in [6.45, 7) is 2.38. The summed E-state index contributed by atoms with van der Waals surface area (Å²) in [5.74, 6) is -0.948. The van der Waals surface area contributed by atoms with Gasteiger partial charge in [0, 0.05) is 36.6 Å². The number of ether oxygens (including phenoxy) is 1. The Morgan fingerprint density at radius 2 is 2.07 bits per heavy atom. The summed E-state index contributed by atoms with van der Waals surface area (Å²) in [5.41, 5.74) is -1.88. The molecule has 1 aromatic carbocycles. The lowest BCUT2D eigenvalue weighted by molar-refractivity contribution is -0.221. The number of halogens is 1. The largest absolute Gasteiger partial charge is 0.388 e. The van der Waals surface area contributed by atoms with Crippen LogP contribution in [0.1, 0.15) is 36.5 Å². The van der Waals surface area contributed by atoms with Gasteiger partial charge in [0.1, 0.15) is 17.5 Å². The van der Waals surface area contributed by atoms with Crippen molar-refractivity contribution >= 4 is 16.8 Å². The fourth-order valence-corrected chi connectivity index (χ4v) is 4.21. The molecule has 4 rings (SSSR count). The number of pyridine rings is 1. The van der Waals surface area contributed by atoms with Crippen molar-refractivity contribution in [3.63, 3.8) is 0 Å². The van der Waals surface area contributed by atoms with Crippen molar-refractivity contribution in [2.24, 2.45) is 0 Å². The molecule has 1 aromatic heterocycles. The number of carbonyl (C=O) groups excluding carboxylic acids is 1. The van der Waals surface area contributed by atoms with Crippen LogP contribution in [0.25, 0.3) is 10.9 Å². The van der Waals surface area contributed by atoms with Gasteiger partial charge in [-0.25, -0.2) is 4.39 Å². The van der Waals surface area contributed by atoms with E-state index in [9.17, 15) is 24.2 Å². The number of amides is 1. The van der Waals surface area contributed by atoms with Crippen molar-refractivity contribution in [3.8, 4) is 0 Å². The minimum absolute atomic E-state index is 0.0268. The average molecular weight is 390 g/mol. The van der Waals surface area contributed by atoms with Crippen LogP contribution < -0.4 is 5.43 Å². The first kappa shape index (κ1) is 19.0. The number of hydrogen-bond acceptors (Lipinski definition) is 5. The summed E-state index contributed by atoms with van der Waals surface area (Å²) in [6, 6.07) is 3.84. The number of piperidine rings is 1. The van der Waals surface area contributed by atoms with E-state index in [2.05, 4.69) is 4.98 Å². The molecule has 0 radical (unpaired) electrons. The van der Waals surface area contributed by atoms with Gasteiger partial charge in [0.05, 0.1) is 17.8 Å². The van der Waals surface area contributed by atoms with Gasteiger partial charge in [0.2, 0.25) is 5.43 Å². The summed E-state index contributed by atoms with van der Waals surface area (Å²) >= 11 is 0. The highest BCUT2D eigenvalue weighted by atomic mass is 19.1. The number of nitrogens with one attached hydrogen (secondary N) is 1. The van der Waals surface area contributed by atoms with Crippen molar-refractivity contribution in [2.45, 2.75) is 43.5 Å². The summed E-state index contributed by atoms with van der Waals surface area (Å²) in [4.78, 5) is 30.0. The Balaban J connectivity index is 1.53. The van der Waals surface area contributed by atoms with E-state index < -0.39 is 34.5 Å². The lowest BCUT2D eigenvalue weighted by Crippen LogP contribution is -2.59. The molecule has 0 bridgehead atoms. The number of aromatic amines is 1. The number of fused-ring (bicyclic) bond motifs is 1. The standard InChI is InChI=1S/C20H23FN2O5/c1-19(27)11-20(28-10-16(19)24)4-6-23(7-5-20)18(26)14-9-22-15-3-2-12(21)8-13(15)17(14)25/h2-3,8-9,16,24,27H,4-7,10-11H2,1H3,(H,22,25)/t16-,19-/m0/s1. The van der Waals surface area contributed by atoms with Crippen LogP contribution in [0.2, 0.25) is 0 Å². The maximum Gasteiger partial charge on any atom is 0.259 e. The molecule has 0 saturated carbocycles. The highest BCUT2D eigenvalue weighted by Crippen LogP contribution is 2.39. The molecule has 2 fully saturated rings. The van der Waals surface area contributed by atoms with Gasteiger partial charge in [-0.2, -0.15) is 0 Å². The van der Waals surface area contributed by atoms with Gasteiger partial charge in [-0.3, -0.25) is 9.59 Å². The Bertz CT molecular complexity index is 978. The van der Waals surface area contributed by atoms with Gasteiger partial charge in [0.15, 0.2) is 0 Å². The topological polar surface area (TPSA) is 103 Å². The third-order valence-corrected chi connectivity index (χ3v) is 5.98. The number of hydrogen-bond donors (Lipinski definition) is 3. The molecular formula is C20H23FN2O5. The van der Waals surface area contributed by atoms with E-state index in [1.165, 1.54) is 18.3 Å². The highest BCUT2D eigenvalue weighted by molar-refractivity contribution is 5.97. The van der Waals surface area contributed by atoms with Gasteiger partial charge in [0.25, 0.3) is 5.91 Å². The van der Waals surface area contributed by atoms with Gasteiger partial charge < -0.3 is 24.8 Å². The second-order valence-corrected chi connectivity index (χ2v) is 8.06. The number of likely N-dealkylation sites (tertiary alicyclic amines) is 1. The second kappa shape index (κ2) is 6.65. The third kappa shape index (κ3) is 3.21. The number of nitrogens with zero attached hydrogens (tertiary/aromatic N) is 1. The fraction of sp³-hybridized carbons (Fsp3) is 0.500. The van der Waals surface area contributed by atoms with E-state index >= 15 is 0 Å². The number of H-pyrrole nitrogens is 1. The molecule has 2 aliphatic heterocycles. The molecule has 7 nitrogen and oxygen atoms in total. The molecule has 3 heterocycles. The van der Waals surface area contributed by atoms with Crippen LogP contribution in [0.4, 0.5) is 4.39 Å². The molecule has 8 heteroatoms. The monoisotopic (exact) mass is 390 g/mol. The lowest BCUT2D eigenvalue weighted by atomic mass is 9.76. The predicted octanol–water partition coefficient (Wildman–Crippen LogP) is 1.17. The maximum atomic E-state index is 13.5. The maximum absolute atomic E-state index is 13.5. The van der Waals surface area contributed by atoms with Crippen LogP contribution in [0, 0.1) is 5.82 Å². The van der Waals surface area contributed by atoms with E-state index in [1.54, 1.807) is 11.8 Å². The zero-order valence-corrected chi connectivity index (χ0v) is 15.6. The summed E-state index contributed by atoms with van der Waals surface area (Å²) in [7, 11) is 0. The highest BCUT2D eigenvalue weighted by Gasteiger charge is 2.49. The Morgan fingerprint density at radius 3 is 2.75 bits per heavy atom. The zero-order chi connectivity index (χ0) is 20.1. The number of benzene rings is 1. The average Bonchev–Trinajstić information content (AvgIpc) is 2.66. The SMILES string of the molecule is C[C@]1(O)CC2(CCN(C(=O)c3c[nH]c4ccc(F)cc4c3=O)CC2)OC[C@@H]1O. The first-order valence-electron chi connectivity index (χ1n) is 9.35. The van der Waals surface area contributed by atoms with Crippen molar-refractivity contribution in [1.82, 2.24) is 9.88 Å². The summed E-state index contributed by atoms with van der Waals surface area (Å²) in [5, 5.41) is 20.4. The predicted molar refractivity (Wildman–Crippen MR) is 99.6 cm³/mol. The molecule has 0 aliphatic carbocycles. The van der Waals surface area contributed by atoms with Crippen LogP contribution in [0.3, 0.4) is 0 Å². The Hall–Kier alpha value is -2.29. The van der Waals surface area contributed by atoms with Crippen molar-refractivity contribution < 1.29 is 24.1 Å². The van der Waals surface area contributed by atoms with Crippen LogP contribution >= 0.6 is 0 Å². The molecule has 28 heavy (non-hydrogen) atoms. The molecule has 150 valence electrons. The third-order valence-electron chi connectivity index (χ3n) is 5.98. The van der Waals surface area contributed by atoms with Crippen molar-refractivity contribution in [3.05, 3.63) is 46.0 Å². The number of rotatable bonds is 1. The molecule has 2 atom stereocenters. The Morgan fingerprint density at radius 1 is 1.36 bits per heavy atom. The first-order chi connectivity index (χ1) is 13.2. The minimum Gasteiger partial charge on any atom is -0.388 e. The van der Waals surface area contributed by atoms with E-state index in [0.717, 1.165) is 6.07 Å². The summed E-state index contributed by atoms with van der Waals surface area (Å²) < 4.78 is 19.3. The molecule has 1 spiro atoms. The lowest BCUT2D eigenvalue weighted by Gasteiger charge is -2.49. The summed E-state index contributed by atoms with van der Waals surface area (Å²) in [6.07, 6.45) is 1.73. The molecule has 3 N–H and O–H groups in total. The quantitative estimate of drug-likeness (QED) is 0.678. The molecule has 2 aliphatic rings. The zero-order valence-electron chi connectivity index (χ0n) is 15.6. The second-order valence-electron chi connectivity index (χ2n) is 8.06. The first-order valence-corrected chi connectivity index (χ1v) is 9.35. The van der Waals surface area contributed by atoms with Crippen LogP contribution in [-0.4, -0.2) is 63.0 Å². The molecule has 2 saturated heterocycles. The number of aromatic nitrogens is 1. The fourth-order valence-electron chi connectivity index (χ4n) is 4.21. The number of carbonyl (C=O) groups is 1.